The number of hydrogen-bond donors (Lipinski definition) is 2. The number of aromatic amines is 1. The number of aromatic nitrogens is 2. The zero-order chi connectivity index (χ0) is 16.8. The van der Waals surface area contributed by atoms with E-state index in [-0.39, 0.29) is 11.3 Å². The molecule has 2 N–H and O–H groups in total. The van der Waals surface area contributed by atoms with E-state index in [1.54, 1.807) is 7.11 Å². The van der Waals surface area contributed by atoms with Crippen molar-refractivity contribution in [2.75, 3.05) is 12.4 Å². The van der Waals surface area contributed by atoms with Crippen molar-refractivity contribution in [2.24, 2.45) is 5.41 Å². The molecule has 0 radical (unpaired) electrons. The van der Waals surface area contributed by atoms with Crippen LogP contribution in [-0.4, -0.2) is 23.0 Å². The highest BCUT2D eigenvalue weighted by Gasteiger charge is 2.60. The van der Waals surface area contributed by atoms with E-state index in [0.717, 1.165) is 17.1 Å². The zero-order valence-corrected chi connectivity index (χ0v) is 14.2. The number of nitrogens with zero attached hydrogens (tertiary/aromatic N) is 1. The number of carbonyl (C=O) groups excluding carboxylic acids is 1. The summed E-state index contributed by atoms with van der Waals surface area (Å²) >= 11 is 0. The van der Waals surface area contributed by atoms with E-state index >= 15 is 0 Å². The summed E-state index contributed by atoms with van der Waals surface area (Å²) < 4.78 is 5.23. The van der Waals surface area contributed by atoms with E-state index in [4.69, 9.17) is 4.74 Å². The van der Waals surface area contributed by atoms with Gasteiger partial charge in [-0.1, -0.05) is 26.0 Å². The van der Waals surface area contributed by atoms with Crippen LogP contribution >= 0.6 is 0 Å². The van der Waals surface area contributed by atoms with Crippen molar-refractivity contribution < 1.29 is 9.53 Å². The van der Waals surface area contributed by atoms with Crippen molar-refractivity contribution in [3.63, 3.8) is 0 Å². The predicted octanol–water partition coefficient (Wildman–Crippen LogP) is 3.59. The minimum atomic E-state index is -0.118. The molecule has 1 aliphatic carbocycles. The zero-order valence-electron chi connectivity index (χ0n) is 14.2. The quantitative estimate of drug-likeness (QED) is 0.906. The molecule has 2 aromatic rings. The molecule has 0 aliphatic heterocycles. The first kappa shape index (κ1) is 15.6. The SMILES string of the molecule is COc1ccc(C2C(c3nc(NC(C)=O)[nH]c3C)C2(C)C)cc1. The minimum absolute atomic E-state index is 0.118. The first-order valence-electron chi connectivity index (χ1n) is 7.82. The fourth-order valence-corrected chi connectivity index (χ4v) is 3.58. The second-order valence-corrected chi connectivity index (χ2v) is 6.83. The minimum Gasteiger partial charge on any atom is -0.497 e. The summed E-state index contributed by atoms with van der Waals surface area (Å²) in [6.45, 7) is 8.02. The Morgan fingerprint density at radius 3 is 2.48 bits per heavy atom. The van der Waals surface area contributed by atoms with E-state index in [9.17, 15) is 4.79 Å². The average molecular weight is 313 g/mol. The number of H-pyrrole nitrogens is 1. The van der Waals surface area contributed by atoms with Crippen molar-refractivity contribution in [1.82, 2.24) is 9.97 Å². The number of nitrogens with one attached hydrogen (secondary N) is 2. The Morgan fingerprint density at radius 2 is 1.91 bits per heavy atom. The number of benzene rings is 1. The first-order valence-corrected chi connectivity index (χ1v) is 7.82. The third kappa shape index (κ3) is 2.71. The average Bonchev–Trinajstić information content (AvgIpc) is 2.87. The van der Waals surface area contributed by atoms with Crippen LogP contribution in [0.15, 0.2) is 24.3 Å². The van der Waals surface area contributed by atoms with Gasteiger partial charge in [-0.05, 0) is 36.0 Å². The lowest BCUT2D eigenvalue weighted by atomic mass is 10.0. The molecule has 5 nitrogen and oxygen atoms in total. The third-order valence-electron chi connectivity index (χ3n) is 4.81. The maximum atomic E-state index is 11.2. The van der Waals surface area contributed by atoms with E-state index in [2.05, 4.69) is 41.3 Å². The summed E-state index contributed by atoms with van der Waals surface area (Å²) in [6.07, 6.45) is 0. The van der Waals surface area contributed by atoms with E-state index in [1.165, 1.54) is 12.5 Å². The molecule has 1 saturated carbocycles. The third-order valence-corrected chi connectivity index (χ3v) is 4.81. The molecule has 122 valence electrons. The van der Waals surface area contributed by atoms with Crippen LogP contribution in [0.3, 0.4) is 0 Å². The monoisotopic (exact) mass is 313 g/mol. The lowest BCUT2D eigenvalue weighted by Gasteiger charge is -2.04. The Balaban J connectivity index is 1.88. The van der Waals surface area contributed by atoms with Gasteiger partial charge in [0, 0.05) is 18.5 Å². The van der Waals surface area contributed by atoms with Gasteiger partial charge in [0.2, 0.25) is 11.9 Å². The number of methoxy groups -OCH3 is 1. The molecular formula is C18H23N3O2. The van der Waals surface area contributed by atoms with Gasteiger partial charge in [0.25, 0.3) is 0 Å². The molecular weight excluding hydrogens is 290 g/mol. The van der Waals surface area contributed by atoms with Crippen molar-refractivity contribution in [3.05, 3.63) is 41.2 Å². The Labute approximate surface area is 136 Å². The predicted molar refractivity (Wildman–Crippen MR) is 89.9 cm³/mol. The highest BCUT2D eigenvalue weighted by molar-refractivity contribution is 5.86. The standard InChI is InChI=1S/C18H23N3O2/c1-10-16(21-17(19-10)20-11(2)22)15-14(18(15,3)4)12-6-8-13(23-5)9-7-12/h6-9,14-15H,1-5H3,(H2,19,20,21,22). The number of imidazole rings is 1. The Bertz CT molecular complexity index is 731. The molecule has 2 atom stereocenters. The molecule has 23 heavy (non-hydrogen) atoms. The van der Waals surface area contributed by atoms with Crippen molar-refractivity contribution in [3.8, 4) is 5.75 Å². The lowest BCUT2D eigenvalue weighted by molar-refractivity contribution is -0.114. The second-order valence-electron chi connectivity index (χ2n) is 6.83. The molecule has 1 aromatic carbocycles. The van der Waals surface area contributed by atoms with Crippen molar-refractivity contribution in [1.29, 1.82) is 0 Å². The molecule has 1 aliphatic rings. The van der Waals surface area contributed by atoms with Crippen LogP contribution in [0.25, 0.3) is 0 Å². The normalized spacial score (nSPS) is 21.8. The van der Waals surface area contributed by atoms with Crippen LogP contribution in [0.2, 0.25) is 0 Å². The van der Waals surface area contributed by atoms with Crippen LogP contribution in [0.5, 0.6) is 5.75 Å². The summed E-state index contributed by atoms with van der Waals surface area (Å²) in [6, 6.07) is 8.26. The Morgan fingerprint density at radius 1 is 1.26 bits per heavy atom. The van der Waals surface area contributed by atoms with E-state index in [1.807, 2.05) is 19.1 Å². The maximum absolute atomic E-state index is 11.2. The van der Waals surface area contributed by atoms with E-state index < -0.39 is 0 Å². The van der Waals surface area contributed by atoms with Crippen LogP contribution in [0.4, 0.5) is 5.95 Å². The summed E-state index contributed by atoms with van der Waals surface area (Å²) in [4.78, 5) is 19.0. The molecule has 1 amide bonds. The van der Waals surface area contributed by atoms with E-state index in [0.29, 0.717) is 17.8 Å². The molecule has 3 rings (SSSR count). The van der Waals surface area contributed by atoms with Crippen LogP contribution in [0.1, 0.15) is 49.6 Å². The number of carbonyl (C=O) groups is 1. The summed E-state index contributed by atoms with van der Waals surface area (Å²) in [7, 11) is 1.68. The fraction of sp³-hybridized carbons (Fsp3) is 0.444. The van der Waals surface area contributed by atoms with Crippen LogP contribution < -0.4 is 10.1 Å². The highest BCUT2D eigenvalue weighted by Crippen LogP contribution is 2.70. The maximum Gasteiger partial charge on any atom is 0.223 e. The topological polar surface area (TPSA) is 67.0 Å². The molecule has 2 unspecified atom stereocenters. The summed E-state index contributed by atoms with van der Waals surface area (Å²) in [5, 5.41) is 2.72. The van der Waals surface area contributed by atoms with Gasteiger partial charge in [-0.3, -0.25) is 10.1 Å². The smallest absolute Gasteiger partial charge is 0.223 e. The molecule has 5 heteroatoms. The molecule has 0 spiro atoms. The van der Waals surface area contributed by atoms with Crippen molar-refractivity contribution >= 4 is 11.9 Å². The molecule has 1 heterocycles. The summed E-state index contributed by atoms with van der Waals surface area (Å²) in [5.41, 5.74) is 3.49. The van der Waals surface area contributed by atoms with Gasteiger partial charge in [0.05, 0.1) is 12.8 Å². The molecule has 1 fully saturated rings. The fourth-order valence-electron chi connectivity index (χ4n) is 3.58. The number of hydrogen-bond acceptors (Lipinski definition) is 3. The molecule has 0 saturated heterocycles. The Kier molecular flexibility index (Phi) is 3.66. The Hall–Kier alpha value is -2.30. The summed E-state index contributed by atoms with van der Waals surface area (Å²) in [5.74, 6) is 2.04. The number of aryl methyl sites for hydroxylation is 1. The second kappa shape index (κ2) is 5.41. The number of ether oxygens (including phenoxy) is 1. The highest BCUT2D eigenvalue weighted by atomic mass is 16.5. The van der Waals surface area contributed by atoms with Crippen molar-refractivity contribution in [2.45, 2.75) is 39.5 Å². The first-order chi connectivity index (χ1) is 10.8. The van der Waals surface area contributed by atoms with Gasteiger partial charge in [0.15, 0.2) is 0 Å². The number of amides is 1. The van der Waals surface area contributed by atoms with Crippen LogP contribution in [0, 0.1) is 12.3 Å². The number of rotatable bonds is 4. The van der Waals surface area contributed by atoms with Gasteiger partial charge < -0.3 is 9.72 Å². The van der Waals surface area contributed by atoms with Gasteiger partial charge >= 0.3 is 0 Å². The molecule has 1 aromatic heterocycles. The van der Waals surface area contributed by atoms with Gasteiger partial charge in [-0.25, -0.2) is 4.98 Å². The van der Waals surface area contributed by atoms with Crippen LogP contribution in [-0.2, 0) is 4.79 Å². The van der Waals surface area contributed by atoms with Gasteiger partial charge in [-0.2, -0.15) is 0 Å². The number of anilines is 1. The van der Waals surface area contributed by atoms with Gasteiger partial charge in [0.1, 0.15) is 5.75 Å². The lowest BCUT2D eigenvalue weighted by Crippen LogP contribution is -2.07. The molecule has 0 bridgehead atoms. The van der Waals surface area contributed by atoms with Gasteiger partial charge in [-0.15, -0.1) is 0 Å². The largest absolute Gasteiger partial charge is 0.497 e.